The molecule has 0 bridgehead atoms. The van der Waals surface area contributed by atoms with E-state index >= 15 is 0 Å². The third-order valence-electron chi connectivity index (χ3n) is 5.74. The number of rotatable bonds is 4. The highest BCUT2D eigenvalue weighted by molar-refractivity contribution is 7.80. The Balaban J connectivity index is 1.66. The predicted molar refractivity (Wildman–Crippen MR) is 125 cm³/mol. The highest BCUT2D eigenvalue weighted by Gasteiger charge is 2.42. The molecule has 2 aromatic heterocycles. The molecule has 3 heterocycles. The molecule has 1 fully saturated rings. The second-order valence-corrected chi connectivity index (χ2v) is 8.21. The molecule has 0 spiro atoms. The number of halogens is 4. The summed E-state index contributed by atoms with van der Waals surface area (Å²) in [6.45, 7) is 0. The summed E-state index contributed by atoms with van der Waals surface area (Å²) in [6.07, 6.45) is -1.08. The Hall–Kier alpha value is -3.72. The van der Waals surface area contributed by atoms with Crippen LogP contribution in [0.1, 0.15) is 29.0 Å². The van der Waals surface area contributed by atoms with E-state index in [9.17, 15) is 17.6 Å². The fraction of sp³-hybridized carbons (Fsp3) is 0.120. The first-order valence-corrected chi connectivity index (χ1v) is 10.8. The van der Waals surface area contributed by atoms with Crippen LogP contribution in [0.25, 0.3) is 5.69 Å². The maximum atomic E-state index is 13.6. The number of anilines is 1. The number of nitrogens with zero attached hydrogens (tertiary/aromatic N) is 3. The molecule has 1 N–H and O–H groups in total. The van der Waals surface area contributed by atoms with E-state index in [0.717, 1.165) is 17.8 Å². The van der Waals surface area contributed by atoms with Crippen LogP contribution in [0.5, 0.6) is 0 Å². The summed E-state index contributed by atoms with van der Waals surface area (Å²) in [5, 5.41) is 3.70. The Kier molecular flexibility index (Phi) is 5.57. The number of hydrogen-bond acceptors (Lipinski definition) is 2. The van der Waals surface area contributed by atoms with Crippen molar-refractivity contribution in [2.24, 2.45) is 0 Å². The van der Waals surface area contributed by atoms with Gasteiger partial charge in [0.2, 0.25) is 0 Å². The van der Waals surface area contributed by atoms with Gasteiger partial charge < -0.3 is 14.8 Å². The van der Waals surface area contributed by atoms with Gasteiger partial charge >= 0.3 is 6.18 Å². The number of hydrogen-bond donors (Lipinski definition) is 1. The van der Waals surface area contributed by atoms with Crippen molar-refractivity contribution in [1.29, 1.82) is 0 Å². The molecule has 5 rings (SSSR count). The quantitative estimate of drug-likeness (QED) is 0.277. The van der Waals surface area contributed by atoms with Crippen LogP contribution in [-0.4, -0.2) is 14.7 Å². The van der Waals surface area contributed by atoms with Crippen LogP contribution in [0.3, 0.4) is 0 Å². The zero-order chi connectivity index (χ0) is 23.9. The summed E-state index contributed by atoms with van der Waals surface area (Å²) in [5.74, 6) is -0.382. The zero-order valence-corrected chi connectivity index (χ0v) is 18.4. The van der Waals surface area contributed by atoms with Crippen LogP contribution in [0, 0.1) is 5.82 Å². The highest BCUT2D eigenvalue weighted by atomic mass is 32.1. The molecular formula is C25H18F4N4S. The molecule has 0 saturated carbocycles. The highest BCUT2D eigenvalue weighted by Crippen LogP contribution is 2.42. The minimum Gasteiger partial charge on any atom is -0.351 e. The lowest BCUT2D eigenvalue weighted by Gasteiger charge is -2.29. The predicted octanol–water partition coefficient (Wildman–Crippen LogP) is 6.21. The molecule has 2 aromatic carbocycles. The van der Waals surface area contributed by atoms with Crippen LogP contribution in [0.2, 0.25) is 0 Å². The van der Waals surface area contributed by atoms with Gasteiger partial charge in [-0.3, -0.25) is 4.98 Å². The molecule has 0 amide bonds. The summed E-state index contributed by atoms with van der Waals surface area (Å²) in [5.41, 5.74) is 1.70. The van der Waals surface area contributed by atoms with Crippen molar-refractivity contribution in [2.45, 2.75) is 18.3 Å². The molecular weight excluding hydrogens is 464 g/mol. The molecule has 34 heavy (non-hydrogen) atoms. The van der Waals surface area contributed by atoms with E-state index in [1.165, 1.54) is 18.2 Å². The second kappa shape index (κ2) is 8.57. The summed E-state index contributed by atoms with van der Waals surface area (Å²) < 4.78 is 55.5. The van der Waals surface area contributed by atoms with E-state index < -0.39 is 23.8 Å². The molecule has 1 saturated heterocycles. The molecule has 4 nitrogen and oxygen atoms in total. The van der Waals surface area contributed by atoms with Crippen molar-refractivity contribution in [2.75, 3.05) is 4.90 Å². The Morgan fingerprint density at radius 2 is 1.68 bits per heavy atom. The summed E-state index contributed by atoms with van der Waals surface area (Å²) in [4.78, 5) is 6.32. The molecule has 1 aliphatic heterocycles. The lowest BCUT2D eigenvalue weighted by atomic mass is 10.0. The van der Waals surface area contributed by atoms with Crippen LogP contribution < -0.4 is 10.2 Å². The standard InChI is InChI=1S/C25H18F4N4S/c26-17-9-11-18(12-10-17)33-23(22(31-24(33)34)20-7-1-2-13-30-20)21-8-4-14-32(21)19-6-3-5-16(15-19)25(27,28)29/h1-15,22-23H,(H,31,34)/t22-,23-/m1/s1. The Morgan fingerprint density at radius 1 is 0.882 bits per heavy atom. The van der Waals surface area contributed by atoms with E-state index in [1.807, 2.05) is 23.1 Å². The lowest BCUT2D eigenvalue weighted by molar-refractivity contribution is -0.137. The average Bonchev–Trinajstić information content (AvgIpc) is 3.44. The largest absolute Gasteiger partial charge is 0.416 e. The second-order valence-electron chi connectivity index (χ2n) is 7.82. The Bertz CT molecular complexity index is 1320. The molecule has 0 radical (unpaired) electrons. The minimum absolute atomic E-state index is 0.367. The SMILES string of the molecule is Fc1ccc(N2C(=S)N[C@H](c3ccccn3)[C@H]2c2cccn2-c2cccc(C(F)(F)F)c2)cc1. The van der Waals surface area contributed by atoms with E-state index in [0.29, 0.717) is 22.2 Å². The Morgan fingerprint density at radius 3 is 2.38 bits per heavy atom. The lowest BCUT2D eigenvalue weighted by Crippen LogP contribution is -2.30. The monoisotopic (exact) mass is 482 g/mol. The van der Waals surface area contributed by atoms with Crippen molar-refractivity contribution in [3.8, 4) is 5.69 Å². The van der Waals surface area contributed by atoms with E-state index in [2.05, 4.69) is 10.3 Å². The van der Waals surface area contributed by atoms with E-state index in [4.69, 9.17) is 12.2 Å². The molecule has 2 atom stereocenters. The van der Waals surface area contributed by atoms with Crippen molar-refractivity contribution < 1.29 is 17.6 Å². The number of aromatic nitrogens is 2. The van der Waals surface area contributed by atoms with Crippen LogP contribution >= 0.6 is 12.2 Å². The number of alkyl halides is 3. The number of benzene rings is 2. The normalized spacial score (nSPS) is 18.2. The van der Waals surface area contributed by atoms with Gasteiger partial charge in [0.1, 0.15) is 11.9 Å². The zero-order valence-electron chi connectivity index (χ0n) is 17.6. The van der Waals surface area contributed by atoms with Gasteiger partial charge in [-0.05, 0) is 78.9 Å². The van der Waals surface area contributed by atoms with E-state index in [1.54, 1.807) is 47.3 Å². The van der Waals surface area contributed by atoms with E-state index in [-0.39, 0.29) is 5.82 Å². The molecule has 172 valence electrons. The van der Waals surface area contributed by atoms with Gasteiger partial charge in [0.15, 0.2) is 5.11 Å². The van der Waals surface area contributed by atoms with Gasteiger partial charge in [0.25, 0.3) is 0 Å². The van der Waals surface area contributed by atoms with Crippen LogP contribution in [-0.2, 0) is 6.18 Å². The minimum atomic E-state index is -4.46. The fourth-order valence-electron chi connectivity index (χ4n) is 4.24. The molecule has 4 aromatic rings. The van der Waals surface area contributed by atoms with Gasteiger partial charge in [-0.2, -0.15) is 13.2 Å². The van der Waals surface area contributed by atoms with Crippen LogP contribution in [0.4, 0.5) is 23.2 Å². The first-order valence-electron chi connectivity index (χ1n) is 10.4. The number of thiocarbonyl (C=S) groups is 1. The van der Waals surface area contributed by atoms with Crippen molar-refractivity contribution >= 4 is 23.0 Å². The first kappa shape index (κ1) is 22.1. The molecule has 0 unspecified atom stereocenters. The Labute approximate surface area is 198 Å². The van der Waals surface area contributed by atoms with Gasteiger partial charge in [-0.1, -0.05) is 12.1 Å². The van der Waals surface area contributed by atoms with Crippen molar-refractivity contribution in [1.82, 2.24) is 14.9 Å². The van der Waals surface area contributed by atoms with Crippen molar-refractivity contribution in [3.63, 3.8) is 0 Å². The van der Waals surface area contributed by atoms with Gasteiger partial charge in [-0.25, -0.2) is 4.39 Å². The molecule has 9 heteroatoms. The average molecular weight is 483 g/mol. The fourth-order valence-corrected chi connectivity index (χ4v) is 4.58. The third kappa shape index (κ3) is 4.03. The summed E-state index contributed by atoms with van der Waals surface area (Å²) >= 11 is 5.65. The molecule has 0 aliphatic carbocycles. The van der Waals surface area contributed by atoms with Gasteiger partial charge in [-0.15, -0.1) is 0 Å². The maximum Gasteiger partial charge on any atom is 0.416 e. The number of nitrogens with one attached hydrogen (secondary N) is 1. The first-order chi connectivity index (χ1) is 16.3. The third-order valence-corrected chi connectivity index (χ3v) is 6.05. The number of pyridine rings is 1. The van der Waals surface area contributed by atoms with Crippen molar-refractivity contribution in [3.05, 3.63) is 114 Å². The van der Waals surface area contributed by atoms with Crippen LogP contribution in [0.15, 0.2) is 91.3 Å². The van der Waals surface area contributed by atoms with Gasteiger partial charge in [0.05, 0.1) is 17.3 Å². The van der Waals surface area contributed by atoms with Gasteiger partial charge in [0, 0.05) is 29.5 Å². The molecule has 1 aliphatic rings. The smallest absolute Gasteiger partial charge is 0.351 e. The summed E-state index contributed by atoms with van der Waals surface area (Å²) in [7, 11) is 0. The summed E-state index contributed by atoms with van der Waals surface area (Å²) in [6, 6.07) is 19.4. The maximum absolute atomic E-state index is 13.6. The topological polar surface area (TPSA) is 33.1 Å².